The van der Waals surface area contributed by atoms with Crippen molar-refractivity contribution in [3.8, 4) is 0 Å². The van der Waals surface area contributed by atoms with Crippen LogP contribution in [0.15, 0.2) is 16.9 Å². The summed E-state index contributed by atoms with van der Waals surface area (Å²) in [6.07, 6.45) is 0.764. The van der Waals surface area contributed by atoms with Crippen LogP contribution in [0.3, 0.4) is 0 Å². The maximum atomic E-state index is 11.1. The molecular weight excluding hydrogens is 196 g/mol. The Morgan fingerprint density at radius 2 is 2.50 bits per heavy atom. The molecule has 1 rings (SSSR count). The first-order valence-electron chi connectivity index (χ1n) is 3.47. The van der Waals surface area contributed by atoms with Crippen LogP contribution in [0.1, 0.15) is 13.3 Å². The largest absolute Gasteiger partial charge is 0.326 e. The van der Waals surface area contributed by atoms with E-state index in [0.717, 1.165) is 23.3 Å². The standard InChI is InChI=1S/C7H9ClN2OS/c1-5(2)3-4-10-7(11)12-6(8)9-10/h1,3-4H2,2H3. The molecule has 0 atom stereocenters. The summed E-state index contributed by atoms with van der Waals surface area (Å²) in [7, 11) is 0. The summed E-state index contributed by atoms with van der Waals surface area (Å²) < 4.78 is 1.66. The second kappa shape index (κ2) is 3.87. The number of hydrogen-bond donors (Lipinski definition) is 0. The van der Waals surface area contributed by atoms with Gasteiger partial charge in [-0.15, -0.1) is 11.7 Å². The summed E-state index contributed by atoms with van der Waals surface area (Å²) in [4.78, 5) is 10.9. The highest BCUT2D eigenvalue weighted by Gasteiger charge is 2.02. The molecule has 0 aliphatic rings. The van der Waals surface area contributed by atoms with Gasteiger partial charge in [0, 0.05) is 6.54 Å². The first-order chi connectivity index (χ1) is 5.59. The van der Waals surface area contributed by atoms with Gasteiger partial charge in [-0.3, -0.25) is 4.79 Å². The summed E-state index contributed by atoms with van der Waals surface area (Å²) in [6, 6.07) is 0. The van der Waals surface area contributed by atoms with Crippen LogP contribution in [0.5, 0.6) is 0 Å². The molecule has 66 valence electrons. The van der Waals surface area contributed by atoms with Gasteiger partial charge in [-0.05, 0) is 36.3 Å². The molecule has 5 heteroatoms. The number of allylic oxidation sites excluding steroid dienone is 1. The smallest absolute Gasteiger partial charge is 0.255 e. The molecule has 3 nitrogen and oxygen atoms in total. The molecule has 0 unspecified atom stereocenters. The Labute approximate surface area is 79.3 Å². The van der Waals surface area contributed by atoms with Gasteiger partial charge in [0.25, 0.3) is 0 Å². The molecule has 0 amide bonds. The normalized spacial score (nSPS) is 10.2. The van der Waals surface area contributed by atoms with Crippen molar-refractivity contribution < 1.29 is 0 Å². The highest BCUT2D eigenvalue weighted by Crippen LogP contribution is 2.06. The minimum absolute atomic E-state index is 0.110. The van der Waals surface area contributed by atoms with Gasteiger partial charge in [-0.2, -0.15) is 0 Å². The molecule has 1 heterocycles. The summed E-state index contributed by atoms with van der Waals surface area (Å²) in [5.74, 6) is 0. The molecule has 1 aromatic heterocycles. The highest BCUT2D eigenvalue weighted by atomic mass is 35.5. The second-order valence-electron chi connectivity index (χ2n) is 2.55. The maximum absolute atomic E-state index is 11.1. The van der Waals surface area contributed by atoms with Gasteiger partial charge in [-0.25, -0.2) is 4.68 Å². The van der Waals surface area contributed by atoms with E-state index in [9.17, 15) is 4.79 Å². The Balaban J connectivity index is 2.69. The minimum atomic E-state index is -0.110. The van der Waals surface area contributed by atoms with Crippen molar-refractivity contribution in [2.24, 2.45) is 0 Å². The first kappa shape index (κ1) is 9.48. The zero-order valence-corrected chi connectivity index (χ0v) is 8.28. The molecule has 0 spiro atoms. The van der Waals surface area contributed by atoms with Gasteiger partial charge in [-0.1, -0.05) is 5.57 Å². The number of hydrogen-bond acceptors (Lipinski definition) is 3. The SMILES string of the molecule is C=C(C)CCn1nc(Cl)sc1=O. The molecule has 0 bridgehead atoms. The number of aromatic nitrogens is 2. The average molecular weight is 205 g/mol. The summed E-state index contributed by atoms with van der Waals surface area (Å²) >= 11 is 6.50. The van der Waals surface area contributed by atoms with Crippen molar-refractivity contribution in [2.75, 3.05) is 0 Å². The molecule has 0 saturated carbocycles. The predicted molar refractivity (Wildman–Crippen MR) is 50.8 cm³/mol. The Kier molecular flexibility index (Phi) is 3.05. The van der Waals surface area contributed by atoms with Gasteiger partial charge in [0.15, 0.2) is 0 Å². The van der Waals surface area contributed by atoms with Crippen molar-refractivity contribution in [1.29, 1.82) is 0 Å². The number of halogens is 1. The van der Waals surface area contributed by atoms with Gasteiger partial charge in [0.05, 0.1) is 0 Å². The van der Waals surface area contributed by atoms with Crippen LogP contribution in [0.4, 0.5) is 0 Å². The third-order valence-corrected chi connectivity index (χ3v) is 2.27. The topological polar surface area (TPSA) is 34.9 Å². The zero-order chi connectivity index (χ0) is 9.14. The molecular formula is C7H9ClN2OS. The van der Waals surface area contributed by atoms with Crippen LogP contribution in [-0.4, -0.2) is 9.78 Å². The molecule has 0 saturated heterocycles. The van der Waals surface area contributed by atoms with Crippen molar-refractivity contribution in [3.05, 3.63) is 26.3 Å². The Hall–Kier alpha value is -0.610. The van der Waals surface area contributed by atoms with Crippen LogP contribution in [0, 0.1) is 0 Å². The monoisotopic (exact) mass is 204 g/mol. The van der Waals surface area contributed by atoms with Crippen LogP contribution in [-0.2, 0) is 6.54 Å². The van der Waals surface area contributed by atoms with Crippen LogP contribution < -0.4 is 4.87 Å². The lowest BCUT2D eigenvalue weighted by molar-refractivity contribution is 0.597. The molecule has 0 N–H and O–H groups in total. The Morgan fingerprint density at radius 3 is 2.92 bits per heavy atom. The van der Waals surface area contributed by atoms with Crippen molar-refractivity contribution in [2.45, 2.75) is 19.9 Å². The lowest BCUT2D eigenvalue weighted by Crippen LogP contribution is -2.14. The van der Waals surface area contributed by atoms with E-state index in [2.05, 4.69) is 11.7 Å². The van der Waals surface area contributed by atoms with E-state index in [1.807, 2.05) is 6.92 Å². The summed E-state index contributed by atoms with van der Waals surface area (Å²) in [5, 5.41) is 3.83. The molecule has 1 aromatic rings. The van der Waals surface area contributed by atoms with E-state index in [0.29, 0.717) is 11.0 Å². The van der Waals surface area contributed by atoms with Crippen molar-refractivity contribution in [3.63, 3.8) is 0 Å². The zero-order valence-electron chi connectivity index (χ0n) is 6.71. The summed E-state index contributed by atoms with van der Waals surface area (Å²) in [5.41, 5.74) is 1.03. The van der Waals surface area contributed by atoms with Gasteiger partial charge < -0.3 is 0 Å². The van der Waals surface area contributed by atoms with Crippen molar-refractivity contribution in [1.82, 2.24) is 9.78 Å². The van der Waals surface area contributed by atoms with E-state index in [4.69, 9.17) is 11.6 Å². The van der Waals surface area contributed by atoms with Crippen LogP contribution in [0.25, 0.3) is 0 Å². The van der Waals surface area contributed by atoms with E-state index in [1.165, 1.54) is 4.68 Å². The molecule has 0 aliphatic heterocycles. The maximum Gasteiger partial charge on any atom is 0.326 e. The molecule has 0 aliphatic carbocycles. The third kappa shape index (κ3) is 2.46. The first-order valence-corrected chi connectivity index (χ1v) is 4.67. The fourth-order valence-electron chi connectivity index (χ4n) is 0.719. The van der Waals surface area contributed by atoms with Crippen LogP contribution >= 0.6 is 22.9 Å². The number of rotatable bonds is 3. The fraction of sp³-hybridized carbons (Fsp3) is 0.429. The molecule has 0 aromatic carbocycles. The predicted octanol–water partition coefficient (Wildman–Crippen LogP) is 1.92. The van der Waals surface area contributed by atoms with E-state index in [1.54, 1.807) is 0 Å². The average Bonchev–Trinajstić information content (AvgIpc) is 2.26. The highest BCUT2D eigenvalue weighted by molar-refractivity contribution is 7.13. The molecule has 12 heavy (non-hydrogen) atoms. The molecule has 0 fully saturated rings. The van der Waals surface area contributed by atoms with E-state index < -0.39 is 0 Å². The fourth-order valence-corrected chi connectivity index (χ4v) is 1.53. The lowest BCUT2D eigenvalue weighted by atomic mass is 10.2. The number of nitrogens with zero attached hydrogens (tertiary/aromatic N) is 2. The van der Waals surface area contributed by atoms with Crippen molar-refractivity contribution >= 4 is 22.9 Å². The van der Waals surface area contributed by atoms with Gasteiger partial charge in [0.1, 0.15) is 0 Å². The van der Waals surface area contributed by atoms with Gasteiger partial charge in [0.2, 0.25) is 4.47 Å². The quantitative estimate of drug-likeness (QED) is 0.706. The number of aryl methyl sites for hydroxylation is 1. The second-order valence-corrected chi connectivity index (χ2v) is 4.07. The lowest BCUT2D eigenvalue weighted by Gasteiger charge is -1.97. The summed E-state index contributed by atoms with van der Waals surface area (Å²) in [6.45, 7) is 6.22. The minimum Gasteiger partial charge on any atom is -0.255 e. The van der Waals surface area contributed by atoms with E-state index in [-0.39, 0.29) is 4.87 Å². The van der Waals surface area contributed by atoms with E-state index >= 15 is 0 Å². The Bertz CT molecular complexity index is 341. The Morgan fingerprint density at radius 1 is 1.83 bits per heavy atom. The van der Waals surface area contributed by atoms with Crippen LogP contribution in [0.2, 0.25) is 4.47 Å². The van der Waals surface area contributed by atoms with Gasteiger partial charge >= 0.3 is 4.87 Å². The third-order valence-electron chi connectivity index (χ3n) is 1.33. The molecule has 0 radical (unpaired) electrons.